The van der Waals surface area contributed by atoms with E-state index in [1.54, 1.807) is 13.1 Å². The van der Waals surface area contributed by atoms with Gasteiger partial charge < -0.3 is 10.1 Å². The molecule has 1 amide bonds. The summed E-state index contributed by atoms with van der Waals surface area (Å²) < 4.78 is 4.71. The SMILES string of the molecule is CCOC(=O)CC(=O)Nc1cnc2ccccc2c1. The minimum absolute atomic E-state index is 0.268. The molecule has 0 atom stereocenters. The molecule has 0 spiro atoms. The number of nitrogens with one attached hydrogen (secondary N) is 1. The highest BCUT2D eigenvalue weighted by molar-refractivity contribution is 6.02. The van der Waals surface area contributed by atoms with E-state index in [0.29, 0.717) is 5.69 Å². The van der Waals surface area contributed by atoms with Crippen LogP contribution >= 0.6 is 0 Å². The Balaban J connectivity index is 2.04. The summed E-state index contributed by atoms with van der Waals surface area (Å²) in [5.41, 5.74) is 1.42. The molecule has 0 aliphatic rings. The van der Waals surface area contributed by atoms with Crippen LogP contribution in [0.4, 0.5) is 5.69 Å². The van der Waals surface area contributed by atoms with Gasteiger partial charge in [0, 0.05) is 5.39 Å². The molecular weight excluding hydrogens is 244 g/mol. The Hall–Kier alpha value is -2.43. The van der Waals surface area contributed by atoms with E-state index < -0.39 is 11.9 Å². The third kappa shape index (κ3) is 3.51. The van der Waals surface area contributed by atoms with E-state index in [0.717, 1.165) is 10.9 Å². The molecule has 0 fully saturated rings. The van der Waals surface area contributed by atoms with Gasteiger partial charge in [-0.25, -0.2) is 0 Å². The summed E-state index contributed by atoms with van der Waals surface area (Å²) in [6.07, 6.45) is 1.27. The summed E-state index contributed by atoms with van der Waals surface area (Å²) in [5, 5.41) is 3.55. The van der Waals surface area contributed by atoms with Gasteiger partial charge >= 0.3 is 5.97 Å². The van der Waals surface area contributed by atoms with Gasteiger partial charge in [-0.05, 0) is 19.1 Å². The van der Waals surface area contributed by atoms with Crippen LogP contribution < -0.4 is 5.32 Å². The number of benzene rings is 1. The molecule has 0 aliphatic heterocycles. The van der Waals surface area contributed by atoms with Crippen molar-refractivity contribution in [1.29, 1.82) is 0 Å². The van der Waals surface area contributed by atoms with E-state index in [9.17, 15) is 9.59 Å². The summed E-state index contributed by atoms with van der Waals surface area (Å²) in [5.74, 6) is -0.940. The van der Waals surface area contributed by atoms with E-state index in [2.05, 4.69) is 10.3 Å². The standard InChI is InChI=1S/C14H14N2O3/c1-2-19-14(18)8-13(17)16-11-7-10-5-3-4-6-12(10)15-9-11/h3-7,9H,2,8H2,1H3,(H,16,17). The normalized spacial score (nSPS) is 10.2. The van der Waals surface area contributed by atoms with Crippen molar-refractivity contribution < 1.29 is 14.3 Å². The number of fused-ring (bicyclic) bond motifs is 1. The second kappa shape index (κ2) is 5.95. The fourth-order valence-electron chi connectivity index (χ4n) is 1.69. The number of hydrogen-bond acceptors (Lipinski definition) is 4. The lowest BCUT2D eigenvalue weighted by Crippen LogP contribution is -2.18. The number of pyridine rings is 1. The number of aromatic nitrogens is 1. The van der Waals surface area contributed by atoms with Gasteiger partial charge in [0.25, 0.3) is 0 Å². The Morgan fingerprint density at radius 1 is 1.32 bits per heavy atom. The molecule has 5 heteroatoms. The van der Waals surface area contributed by atoms with Crippen molar-refractivity contribution in [2.24, 2.45) is 0 Å². The van der Waals surface area contributed by atoms with Crippen molar-refractivity contribution >= 4 is 28.5 Å². The fraction of sp³-hybridized carbons (Fsp3) is 0.214. The van der Waals surface area contributed by atoms with Gasteiger partial charge in [-0.15, -0.1) is 0 Å². The van der Waals surface area contributed by atoms with Gasteiger partial charge in [0.1, 0.15) is 6.42 Å². The second-order valence-corrected chi connectivity index (χ2v) is 3.95. The zero-order valence-electron chi connectivity index (χ0n) is 10.6. The van der Waals surface area contributed by atoms with Crippen molar-refractivity contribution in [3.8, 4) is 0 Å². The molecular formula is C14H14N2O3. The quantitative estimate of drug-likeness (QED) is 0.673. The maximum absolute atomic E-state index is 11.6. The zero-order chi connectivity index (χ0) is 13.7. The third-order valence-corrected chi connectivity index (χ3v) is 2.48. The van der Waals surface area contributed by atoms with Gasteiger partial charge in [-0.1, -0.05) is 18.2 Å². The van der Waals surface area contributed by atoms with Crippen molar-refractivity contribution in [3.63, 3.8) is 0 Å². The molecule has 1 aromatic heterocycles. The van der Waals surface area contributed by atoms with Crippen LogP contribution in [-0.4, -0.2) is 23.5 Å². The van der Waals surface area contributed by atoms with Crippen molar-refractivity contribution in [1.82, 2.24) is 4.98 Å². The fourth-order valence-corrected chi connectivity index (χ4v) is 1.69. The van der Waals surface area contributed by atoms with Crippen molar-refractivity contribution in [3.05, 3.63) is 36.5 Å². The summed E-state index contributed by atoms with van der Waals surface area (Å²) in [7, 11) is 0. The number of carbonyl (C=O) groups excluding carboxylic acids is 2. The van der Waals surface area contributed by atoms with Gasteiger partial charge in [0.15, 0.2) is 0 Å². The number of rotatable bonds is 4. The number of carbonyl (C=O) groups is 2. The molecule has 98 valence electrons. The molecule has 0 bridgehead atoms. The molecule has 1 N–H and O–H groups in total. The van der Waals surface area contributed by atoms with E-state index in [1.165, 1.54) is 0 Å². The molecule has 2 rings (SSSR count). The Morgan fingerprint density at radius 3 is 2.89 bits per heavy atom. The molecule has 0 radical (unpaired) electrons. The highest BCUT2D eigenvalue weighted by Gasteiger charge is 2.10. The monoisotopic (exact) mass is 258 g/mol. The summed E-state index contributed by atoms with van der Waals surface area (Å²) >= 11 is 0. The summed E-state index contributed by atoms with van der Waals surface area (Å²) in [6.45, 7) is 1.96. The summed E-state index contributed by atoms with van der Waals surface area (Å²) in [6, 6.07) is 9.40. The minimum Gasteiger partial charge on any atom is -0.466 e. The molecule has 0 unspecified atom stereocenters. The highest BCUT2D eigenvalue weighted by Crippen LogP contribution is 2.16. The van der Waals surface area contributed by atoms with Crippen LogP contribution in [0.3, 0.4) is 0 Å². The second-order valence-electron chi connectivity index (χ2n) is 3.95. The molecule has 5 nitrogen and oxygen atoms in total. The maximum atomic E-state index is 11.6. The Morgan fingerprint density at radius 2 is 2.11 bits per heavy atom. The number of esters is 1. The minimum atomic E-state index is -0.534. The highest BCUT2D eigenvalue weighted by atomic mass is 16.5. The van der Waals surface area contributed by atoms with Gasteiger partial charge in [0.2, 0.25) is 5.91 Å². The number of anilines is 1. The largest absolute Gasteiger partial charge is 0.466 e. The van der Waals surface area contributed by atoms with Crippen LogP contribution in [-0.2, 0) is 14.3 Å². The first kappa shape index (κ1) is 13.0. The van der Waals surface area contributed by atoms with Gasteiger partial charge in [-0.2, -0.15) is 0 Å². The zero-order valence-corrected chi connectivity index (χ0v) is 10.6. The van der Waals surface area contributed by atoms with E-state index >= 15 is 0 Å². The third-order valence-electron chi connectivity index (χ3n) is 2.48. The average molecular weight is 258 g/mol. The van der Waals surface area contributed by atoms with Crippen LogP contribution in [0.5, 0.6) is 0 Å². The van der Waals surface area contributed by atoms with Crippen LogP contribution in [0.1, 0.15) is 13.3 Å². The van der Waals surface area contributed by atoms with Crippen molar-refractivity contribution in [2.45, 2.75) is 13.3 Å². The number of para-hydroxylation sites is 1. The number of ether oxygens (including phenoxy) is 1. The first-order valence-corrected chi connectivity index (χ1v) is 5.99. The number of amides is 1. The molecule has 1 heterocycles. The van der Waals surface area contributed by atoms with E-state index in [4.69, 9.17) is 4.74 Å². The number of nitrogens with zero attached hydrogens (tertiary/aromatic N) is 1. The predicted octanol–water partition coefficient (Wildman–Crippen LogP) is 2.13. The Labute approximate surface area is 110 Å². The maximum Gasteiger partial charge on any atom is 0.315 e. The molecule has 0 aliphatic carbocycles. The topological polar surface area (TPSA) is 68.3 Å². The van der Waals surface area contributed by atoms with Gasteiger partial charge in [-0.3, -0.25) is 14.6 Å². The van der Waals surface area contributed by atoms with Crippen LogP contribution in [0, 0.1) is 0 Å². The van der Waals surface area contributed by atoms with E-state index in [-0.39, 0.29) is 13.0 Å². The Bertz CT molecular complexity index is 610. The first-order valence-electron chi connectivity index (χ1n) is 5.99. The number of hydrogen-bond donors (Lipinski definition) is 1. The average Bonchev–Trinajstić information content (AvgIpc) is 2.38. The molecule has 1 aromatic carbocycles. The Kier molecular flexibility index (Phi) is 4.07. The predicted molar refractivity (Wildman–Crippen MR) is 71.6 cm³/mol. The molecule has 19 heavy (non-hydrogen) atoms. The van der Waals surface area contributed by atoms with Crippen LogP contribution in [0.2, 0.25) is 0 Å². The molecule has 0 saturated carbocycles. The van der Waals surface area contributed by atoms with Gasteiger partial charge in [0.05, 0.1) is 24.0 Å². The lowest BCUT2D eigenvalue weighted by atomic mass is 10.2. The van der Waals surface area contributed by atoms with Crippen molar-refractivity contribution in [2.75, 3.05) is 11.9 Å². The van der Waals surface area contributed by atoms with Crippen LogP contribution in [0.25, 0.3) is 10.9 Å². The lowest BCUT2D eigenvalue weighted by molar-refractivity contribution is -0.145. The molecule has 2 aromatic rings. The van der Waals surface area contributed by atoms with E-state index in [1.807, 2.05) is 30.3 Å². The lowest BCUT2D eigenvalue weighted by Gasteiger charge is -2.05. The smallest absolute Gasteiger partial charge is 0.315 e. The molecule has 0 saturated heterocycles. The first-order chi connectivity index (χ1) is 9.19. The van der Waals surface area contributed by atoms with Crippen LogP contribution in [0.15, 0.2) is 36.5 Å². The summed E-state index contributed by atoms with van der Waals surface area (Å²) in [4.78, 5) is 27.0.